The molecule has 168 valence electrons. The van der Waals surface area contributed by atoms with E-state index in [1.807, 2.05) is 11.8 Å². The monoisotopic (exact) mass is 440 g/mol. The third-order valence-electron chi connectivity index (χ3n) is 5.79. The van der Waals surface area contributed by atoms with Crippen LogP contribution in [0.15, 0.2) is 41.2 Å². The Kier molecular flexibility index (Phi) is 5.92. The van der Waals surface area contributed by atoms with Gasteiger partial charge in [-0.1, -0.05) is 30.3 Å². The first-order chi connectivity index (χ1) is 14.8. The highest BCUT2D eigenvalue weighted by Crippen LogP contribution is 2.36. The minimum absolute atomic E-state index is 0.0857. The van der Waals surface area contributed by atoms with E-state index in [-0.39, 0.29) is 36.3 Å². The minimum Gasteiger partial charge on any atom is -0.377 e. The second-order valence-electron chi connectivity index (χ2n) is 7.90. The summed E-state index contributed by atoms with van der Waals surface area (Å²) in [6.07, 6.45) is -6.59. The molecule has 0 amide bonds. The maximum absolute atomic E-state index is 15.0. The zero-order valence-electron chi connectivity index (χ0n) is 17.1. The van der Waals surface area contributed by atoms with Gasteiger partial charge in [0.2, 0.25) is 5.95 Å². The lowest BCUT2D eigenvalue weighted by Crippen LogP contribution is -2.54. The van der Waals surface area contributed by atoms with E-state index in [0.717, 1.165) is 4.90 Å². The van der Waals surface area contributed by atoms with Gasteiger partial charge in [0.1, 0.15) is 18.0 Å². The van der Waals surface area contributed by atoms with Crippen molar-refractivity contribution in [2.45, 2.75) is 44.3 Å². The summed E-state index contributed by atoms with van der Waals surface area (Å²) in [6, 6.07) is 7.37. The van der Waals surface area contributed by atoms with Gasteiger partial charge in [-0.15, -0.1) is 0 Å². The van der Waals surface area contributed by atoms with Crippen LogP contribution in [-0.4, -0.2) is 54.1 Å². The first-order valence-corrected chi connectivity index (χ1v) is 10.2. The number of alkyl halides is 4. The molecule has 1 unspecified atom stereocenters. The van der Waals surface area contributed by atoms with Gasteiger partial charge in [-0.3, -0.25) is 9.36 Å². The Labute approximate surface area is 177 Å². The fourth-order valence-electron chi connectivity index (χ4n) is 4.16. The van der Waals surface area contributed by atoms with Crippen molar-refractivity contribution in [1.82, 2.24) is 9.55 Å². The number of fused-ring (bicyclic) bond motifs is 1. The number of hydrogen-bond acceptors (Lipinski definition) is 5. The van der Waals surface area contributed by atoms with Crippen LogP contribution in [0.3, 0.4) is 0 Å². The summed E-state index contributed by atoms with van der Waals surface area (Å²) in [5.74, 6) is 0.142. The first kappa shape index (κ1) is 21.6. The number of benzene rings is 1. The third-order valence-corrected chi connectivity index (χ3v) is 5.79. The normalized spacial score (nSPS) is 22.9. The van der Waals surface area contributed by atoms with Gasteiger partial charge >= 0.3 is 6.18 Å². The zero-order chi connectivity index (χ0) is 22.2. The van der Waals surface area contributed by atoms with E-state index in [4.69, 9.17) is 4.74 Å². The standard InChI is InChI=1S/C21H24F4N4O2/c1-14-13-31-10-9-27(14)18-11-19(30)28-8-7-17(21(23,24)25)29(20(28)26-18)12-16(22)15-5-3-2-4-6-15/h2-6,11,14,16-17H,7-10,12-13H2,1H3/t14-,16?,17+/m1/s1. The highest BCUT2D eigenvalue weighted by Gasteiger charge is 2.47. The fourth-order valence-corrected chi connectivity index (χ4v) is 4.16. The molecule has 1 saturated heterocycles. The highest BCUT2D eigenvalue weighted by atomic mass is 19.4. The van der Waals surface area contributed by atoms with Crippen LogP contribution in [0.4, 0.5) is 29.3 Å². The molecule has 0 spiro atoms. The van der Waals surface area contributed by atoms with Crippen LogP contribution in [0.25, 0.3) is 0 Å². The van der Waals surface area contributed by atoms with E-state index in [1.165, 1.54) is 22.8 Å². The van der Waals surface area contributed by atoms with Crippen molar-refractivity contribution in [2.75, 3.05) is 36.1 Å². The number of morpholine rings is 1. The molecular formula is C21H24F4N4O2. The van der Waals surface area contributed by atoms with Gasteiger partial charge in [0.25, 0.3) is 5.56 Å². The molecule has 1 fully saturated rings. The van der Waals surface area contributed by atoms with Crippen molar-refractivity contribution in [3.8, 4) is 0 Å². The summed E-state index contributed by atoms with van der Waals surface area (Å²) in [5.41, 5.74) is -0.166. The molecule has 1 aromatic heterocycles. The Balaban J connectivity index is 1.75. The summed E-state index contributed by atoms with van der Waals surface area (Å²) >= 11 is 0. The lowest BCUT2D eigenvalue weighted by molar-refractivity contribution is -0.153. The lowest BCUT2D eigenvalue weighted by atomic mass is 10.1. The molecule has 1 aromatic carbocycles. The lowest BCUT2D eigenvalue weighted by Gasteiger charge is -2.41. The van der Waals surface area contributed by atoms with Gasteiger partial charge in [-0.25, -0.2) is 4.39 Å². The molecule has 2 aliphatic heterocycles. The second-order valence-corrected chi connectivity index (χ2v) is 7.90. The van der Waals surface area contributed by atoms with Crippen molar-refractivity contribution >= 4 is 11.8 Å². The summed E-state index contributed by atoms with van der Waals surface area (Å²) in [6.45, 7) is 2.54. The molecule has 6 nitrogen and oxygen atoms in total. The molecular weight excluding hydrogens is 416 g/mol. The predicted octanol–water partition coefficient (Wildman–Crippen LogP) is 3.32. The number of aromatic nitrogens is 2. The van der Waals surface area contributed by atoms with Gasteiger partial charge in [-0.05, 0) is 18.9 Å². The molecule has 31 heavy (non-hydrogen) atoms. The molecule has 0 aliphatic carbocycles. The van der Waals surface area contributed by atoms with E-state index >= 15 is 4.39 Å². The SMILES string of the molecule is C[C@@H]1COCCN1c1cc(=O)n2c(n1)N(CC(F)c1ccccc1)[C@H](C(F)(F)F)CC2. The van der Waals surface area contributed by atoms with Crippen molar-refractivity contribution in [3.63, 3.8) is 0 Å². The van der Waals surface area contributed by atoms with E-state index in [1.54, 1.807) is 18.2 Å². The summed E-state index contributed by atoms with van der Waals surface area (Å²) in [5, 5.41) is 0. The summed E-state index contributed by atoms with van der Waals surface area (Å²) < 4.78 is 63.2. The number of hydrogen-bond donors (Lipinski definition) is 0. The summed E-state index contributed by atoms with van der Waals surface area (Å²) in [7, 11) is 0. The van der Waals surface area contributed by atoms with Crippen LogP contribution in [0, 0.1) is 0 Å². The topological polar surface area (TPSA) is 50.6 Å². The molecule has 3 heterocycles. The molecule has 0 radical (unpaired) electrons. The highest BCUT2D eigenvalue weighted by molar-refractivity contribution is 5.48. The van der Waals surface area contributed by atoms with E-state index in [2.05, 4.69) is 4.98 Å². The number of anilines is 2. The minimum atomic E-state index is -4.58. The van der Waals surface area contributed by atoms with Crippen LogP contribution >= 0.6 is 0 Å². The Bertz CT molecular complexity index is 966. The maximum Gasteiger partial charge on any atom is 0.408 e. The molecule has 0 bridgehead atoms. The molecule has 0 N–H and O–H groups in total. The van der Waals surface area contributed by atoms with Gasteiger partial charge in [0.15, 0.2) is 0 Å². The fraction of sp³-hybridized carbons (Fsp3) is 0.524. The van der Waals surface area contributed by atoms with Crippen molar-refractivity contribution in [2.24, 2.45) is 0 Å². The Morgan fingerprint density at radius 2 is 1.97 bits per heavy atom. The molecule has 3 atom stereocenters. The Morgan fingerprint density at radius 1 is 1.23 bits per heavy atom. The van der Waals surface area contributed by atoms with Gasteiger partial charge in [0.05, 0.1) is 25.8 Å². The Morgan fingerprint density at radius 3 is 2.65 bits per heavy atom. The van der Waals surface area contributed by atoms with Gasteiger partial charge in [0, 0.05) is 19.2 Å². The Hall–Kier alpha value is -2.62. The van der Waals surface area contributed by atoms with Crippen LogP contribution < -0.4 is 15.4 Å². The number of rotatable bonds is 4. The van der Waals surface area contributed by atoms with Crippen LogP contribution in [0.2, 0.25) is 0 Å². The van der Waals surface area contributed by atoms with Crippen molar-refractivity contribution in [3.05, 3.63) is 52.3 Å². The van der Waals surface area contributed by atoms with E-state index in [9.17, 15) is 18.0 Å². The van der Waals surface area contributed by atoms with Gasteiger partial charge in [-0.2, -0.15) is 18.2 Å². The van der Waals surface area contributed by atoms with E-state index in [0.29, 0.717) is 19.8 Å². The number of halogens is 4. The first-order valence-electron chi connectivity index (χ1n) is 10.2. The van der Waals surface area contributed by atoms with Crippen LogP contribution in [0.1, 0.15) is 25.1 Å². The van der Waals surface area contributed by atoms with Gasteiger partial charge < -0.3 is 14.5 Å². The quantitative estimate of drug-likeness (QED) is 0.683. The van der Waals surface area contributed by atoms with Crippen LogP contribution in [0.5, 0.6) is 0 Å². The number of nitrogens with zero attached hydrogens (tertiary/aromatic N) is 4. The second kappa shape index (κ2) is 8.49. The van der Waals surface area contributed by atoms with E-state index < -0.39 is 30.5 Å². The largest absolute Gasteiger partial charge is 0.408 e. The molecule has 0 saturated carbocycles. The summed E-state index contributed by atoms with van der Waals surface area (Å²) in [4.78, 5) is 19.9. The third kappa shape index (κ3) is 4.39. The van der Waals surface area contributed by atoms with Crippen LogP contribution in [-0.2, 0) is 11.3 Å². The zero-order valence-corrected chi connectivity index (χ0v) is 17.1. The molecule has 2 aromatic rings. The van der Waals surface area contributed by atoms with Crippen molar-refractivity contribution < 1.29 is 22.3 Å². The average Bonchev–Trinajstić information content (AvgIpc) is 2.74. The smallest absolute Gasteiger partial charge is 0.377 e. The maximum atomic E-state index is 15.0. The predicted molar refractivity (Wildman–Crippen MR) is 108 cm³/mol. The number of ether oxygens (including phenoxy) is 1. The average molecular weight is 440 g/mol. The van der Waals surface area contributed by atoms with Crippen molar-refractivity contribution in [1.29, 1.82) is 0 Å². The molecule has 10 heteroatoms. The molecule has 4 rings (SSSR count). The molecule has 2 aliphatic rings.